The lowest BCUT2D eigenvalue weighted by atomic mass is 10.3. The van der Waals surface area contributed by atoms with Crippen LogP contribution in [0.5, 0.6) is 0 Å². The second-order valence-corrected chi connectivity index (χ2v) is 4.35. The van der Waals surface area contributed by atoms with Gasteiger partial charge < -0.3 is 29.3 Å². The highest BCUT2D eigenvalue weighted by molar-refractivity contribution is 4.59. The Labute approximate surface area is 116 Å². The summed E-state index contributed by atoms with van der Waals surface area (Å²) in [5.74, 6) is 0. The summed E-state index contributed by atoms with van der Waals surface area (Å²) < 4.78 is 16.0. The van der Waals surface area contributed by atoms with E-state index in [1.807, 2.05) is 0 Å². The van der Waals surface area contributed by atoms with E-state index in [0.717, 1.165) is 19.6 Å². The minimum atomic E-state index is -0.852. The Morgan fingerprint density at radius 1 is 1.11 bits per heavy atom. The molecule has 0 rings (SSSR count). The highest BCUT2D eigenvalue weighted by atomic mass is 16.6. The first-order valence-corrected chi connectivity index (χ1v) is 6.87. The number of ether oxygens (including phenoxy) is 3. The molecule has 116 valence electrons. The van der Waals surface area contributed by atoms with Gasteiger partial charge in [-0.25, -0.2) is 0 Å². The molecular formula is C13H29NO5. The van der Waals surface area contributed by atoms with Crippen molar-refractivity contribution in [1.29, 1.82) is 0 Å². The largest absolute Gasteiger partial charge is 0.394 e. The van der Waals surface area contributed by atoms with Gasteiger partial charge in [0, 0.05) is 13.7 Å². The number of aliphatic hydroxyl groups excluding tert-OH is 2. The van der Waals surface area contributed by atoms with Crippen molar-refractivity contribution in [1.82, 2.24) is 4.90 Å². The van der Waals surface area contributed by atoms with E-state index in [1.54, 1.807) is 7.11 Å². The molecule has 0 radical (unpaired) electrons. The van der Waals surface area contributed by atoms with Crippen LogP contribution in [0.4, 0.5) is 0 Å². The summed E-state index contributed by atoms with van der Waals surface area (Å²) in [5, 5.41) is 17.9. The summed E-state index contributed by atoms with van der Waals surface area (Å²) in [6.07, 6.45) is -1.07. The summed E-state index contributed by atoms with van der Waals surface area (Å²) in [7, 11) is 1.59. The summed E-state index contributed by atoms with van der Waals surface area (Å²) in [6, 6.07) is 0. The number of rotatable bonds is 13. The molecule has 19 heavy (non-hydrogen) atoms. The van der Waals surface area contributed by atoms with Crippen LogP contribution in [0, 0.1) is 0 Å². The molecule has 0 aliphatic heterocycles. The summed E-state index contributed by atoms with van der Waals surface area (Å²) >= 11 is 0. The van der Waals surface area contributed by atoms with E-state index in [1.165, 1.54) is 0 Å². The van der Waals surface area contributed by atoms with E-state index in [-0.39, 0.29) is 19.3 Å². The van der Waals surface area contributed by atoms with Gasteiger partial charge in [0.2, 0.25) is 0 Å². The smallest absolute Gasteiger partial charge is 0.104 e. The zero-order valence-corrected chi connectivity index (χ0v) is 12.4. The Hall–Kier alpha value is -0.240. The molecule has 0 fully saturated rings. The van der Waals surface area contributed by atoms with Gasteiger partial charge in [-0.3, -0.25) is 0 Å². The second kappa shape index (κ2) is 12.8. The number of methoxy groups -OCH3 is 1. The van der Waals surface area contributed by atoms with Gasteiger partial charge in [-0.05, 0) is 13.1 Å². The van der Waals surface area contributed by atoms with Gasteiger partial charge in [0.05, 0.1) is 33.0 Å². The van der Waals surface area contributed by atoms with Crippen molar-refractivity contribution in [3.63, 3.8) is 0 Å². The van der Waals surface area contributed by atoms with E-state index < -0.39 is 6.10 Å². The van der Waals surface area contributed by atoms with Crippen LogP contribution in [0.15, 0.2) is 0 Å². The van der Waals surface area contributed by atoms with Crippen molar-refractivity contribution in [2.45, 2.75) is 26.1 Å². The molecule has 0 bridgehead atoms. The third kappa shape index (κ3) is 10.2. The Morgan fingerprint density at radius 3 is 2.32 bits per heavy atom. The maximum Gasteiger partial charge on any atom is 0.104 e. The normalized spacial score (nSPS) is 14.8. The number of likely N-dealkylation sites (N-methyl/N-ethyl adjacent to an activating group) is 1. The van der Waals surface area contributed by atoms with Crippen LogP contribution in [0.2, 0.25) is 0 Å². The summed E-state index contributed by atoms with van der Waals surface area (Å²) in [5.41, 5.74) is 0. The Morgan fingerprint density at radius 2 is 1.79 bits per heavy atom. The van der Waals surface area contributed by atoms with E-state index in [9.17, 15) is 5.11 Å². The molecule has 0 saturated carbocycles. The monoisotopic (exact) mass is 279 g/mol. The predicted octanol–water partition coefficient (Wildman–Crippen LogP) is -0.270. The molecule has 0 amide bonds. The third-order valence-corrected chi connectivity index (χ3v) is 2.84. The first-order valence-electron chi connectivity index (χ1n) is 6.87. The zero-order chi connectivity index (χ0) is 14.5. The first-order chi connectivity index (χ1) is 9.17. The Kier molecular flexibility index (Phi) is 12.6. The van der Waals surface area contributed by atoms with Crippen molar-refractivity contribution in [3.8, 4) is 0 Å². The van der Waals surface area contributed by atoms with Crippen molar-refractivity contribution in [2.75, 3.05) is 59.8 Å². The molecule has 0 aliphatic rings. The topological polar surface area (TPSA) is 71.4 Å². The van der Waals surface area contributed by atoms with Crippen LogP contribution in [0.1, 0.15) is 13.8 Å². The van der Waals surface area contributed by atoms with Crippen LogP contribution in [-0.2, 0) is 14.2 Å². The van der Waals surface area contributed by atoms with Gasteiger partial charge in [-0.1, -0.05) is 13.8 Å². The van der Waals surface area contributed by atoms with Crippen molar-refractivity contribution < 1.29 is 24.4 Å². The average Bonchev–Trinajstić information content (AvgIpc) is 2.44. The minimum absolute atomic E-state index is 0.0872. The third-order valence-electron chi connectivity index (χ3n) is 2.84. The molecule has 2 N–H and O–H groups in total. The maximum absolute atomic E-state index is 9.22. The average molecular weight is 279 g/mol. The molecule has 2 atom stereocenters. The lowest BCUT2D eigenvalue weighted by Crippen LogP contribution is -2.32. The lowest BCUT2D eigenvalue weighted by Gasteiger charge is -2.21. The zero-order valence-electron chi connectivity index (χ0n) is 12.4. The van der Waals surface area contributed by atoms with E-state index in [4.69, 9.17) is 19.3 Å². The number of nitrogens with zero attached hydrogens (tertiary/aromatic N) is 1. The predicted molar refractivity (Wildman–Crippen MR) is 73.3 cm³/mol. The molecular weight excluding hydrogens is 250 g/mol. The van der Waals surface area contributed by atoms with Crippen LogP contribution in [0.25, 0.3) is 0 Å². The molecule has 0 aromatic rings. The summed E-state index contributed by atoms with van der Waals surface area (Å²) in [4.78, 5) is 2.28. The summed E-state index contributed by atoms with van der Waals surface area (Å²) in [6.45, 7) is 8.43. The number of hydrogen-bond acceptors (Lipinski definition) is 6. The fraction of sp³-hybridized carbons (Fsp3) is 1.00. The molecule has 0 saturated heterocycles. The SMILES string of the molecule is CCN(CC)CCOCC(COC)OCC(O)CO. The fourth-order valence-electron chi connectivity index (χ4n) is 1.58. The number of aliphatic hydroxyl groups is 2. The molecule has 6 heteroatoms. The molecule has 0 aromatic carbocycles. The van der Waals surface area contributed by atoms with Gasteiger partial charge >= 0.3 is 0 Å². The Balaban J connectivity index is 3.75. The van der Waals surface area contributed by atoms with E-state index in [2.05, 4.69) is 18.7 Å². The minimum Gasteiger partial charge on any atom is -0.394 e. The quantitative estimate of drug-likeness (QED) is 0.452. The van der Waals surface area contributed by atoms with Crippen molar-refractivity contribution in [3.05, 3.63) is 0 Å². The van der Waals surface area contributed by atoms with E-state index in [0.29, 0.717) is 19.8 Å². The molecule has 0 aromatic heterocycles. The van der Waals surface area contributed by atoms with Crippen molar-refractivity contribution >= 4 is 0 Å². The Bertz CT molecular complexity index is 190. The van der Waals surface area contributed by atoms with Crippen molar-refractivity contribution in [2.24, 2.45) is 0 Å². The maximum atomic E-state index is 9.22. The van der Waals surface area contributed by atoms with Crippen LogP contribution >= 0.6 is 0 Å². The van der Waals surface area contributed by atoms with Crippen LogP contribution in [0.3, 0.4) is 0 Å². The molecule has 0 aliphatic carbocycles. The molecule has 0 spiro atoms. The standard InChI is InChI=1S/C13H29NO5/c1-4-14(5-2)6-7-18-11-13(10-17-3)19-9-12(16)8-15/h12-13,15-16H,4-11H2,1-3H3. The van der Waals surface area contributed by atoms with Gasteiger partial charge in [0.15, 0.2) is 0 Å². The fourth-order valence-corrected chi connectivity index (χ4v) is 1.58. The molecule has 0 heterocycles. The molecule has 6 nitrogen and oxygen atoms in total. The highest BCUT2D eigenvalue weighted by Crippen LogP contribution is 1.97. The molecule has 2 unspecified atom stereocenters. The highest BCUT2D eigenvalue weighted by Gasteiger charge is 2.12. The van der Waals surface area contributed by atoms with Gasteiger partial charge in [0.1, 0.15) is 12.2 Å². The van der Waals surface area contributed by atoms with Crippen LogP contribution in [-0.4, -0.2) is 87.1 Å². The van der Waals surface area contributed by atoms with Crippen LogP contribution < -0.4 is 0 Å². The second-order valence-electron chi connectivity index (χ2n) is 4.35. The lowest BCUT2D eigenvalue weighted by molar-refractivity contribution is -0.0831. The first kappa shape index (κ1) is 18.8. The van der Waals surface area contributed by atoms with E-state index >= 15 is 0 Å². The number of hydrogen-bond donors (Lipinski definition) is 2. The van der Waals surface area contributed by atoms with Gasteiger partial charge in [-0.15, -0.1) is 0 Å². The van der Waals surface area contributed by atoms with Gasteiger partial charge in [-0.2, -0.15) is 0 Å². The van der Waals surface area contributed by atoms with Gasteiger partial charge in [0.25, 0.3) is 0 Å².